The molecule has 140 valence electrons. The lowest BCUT2D eigenvalue weighted by Crippen LogP contribution is -2.06. The molecule has 2 N–H and O–H groups in total. The molecule has 0 amide bonds. The van der Waals surface area contributed by atoms with Crippen molar-refractivity contribution in [3.8, 4) is 11.5 Å². The monoisotopic (exact) mass is 385 g/mol. The van der Waals surface area contributed by atoms with Gasteiger partial charge in [-0.15, -0.1) is 0 Å². The van der Waals surface area contributed by atoms with Gasteiger partial charge in [-0.3, -0.25) is 4.98 Å². The van der Waals surface area contributed by atoms with Crippen LogP contribution >= 0.6 is 11.6 Å². The van der Waals surface area contributed by atoms with Crippen LogP contribution in [0.5, 0.6) is 11.5 Å². The Morgan fingerprint density at radius 1 is 1.00 bits per heavy atom. The number of rotatable bonds is 7. The maximum atomic E-state index is 6.16. The van der Waals surface area contributed by atoms with Gasteiger partial charge < -0.3 is 20.1 Å². The van der Waals surface area contributed by atoms with Crippen LogP contribution < -0.4 is 20.1 Å². The Balaban J connectivity index is 1.82. The van der Waals surface area contributed by atoms with Crippen molar-refractivity contribution in [2.45, 2.75) is 13.5 Å². The second-order valence-electron chi connectivity index (χ2n) is 5.67. The number of pyridine rings is 1. The molecular formula is C19H20ClN5O2. The molecule has 27 heavy (non-hydrogen) atoms. The molecule has 0 spiro atoms. The van der Waals surface area contributed by atoms with Crippen LogP contribution in [0.1, 0.15) is 11.5 Å². The van der Waals surface area contributed by atoms with Crippen LogP contribution in [-0.4, -0.2) is 29.2 Å². The number of methoxy groups -OCH3 is 2. The first-order chi connectivity index (χ1) is 13.1. The van der Waals surface area contributed by atoms with E-state index in [1.165, 1.54) is 0 Å². The zero-order valence-corrected chi connectivity index (χ0v) is 16.0. The summed E-state index contributed by atoms with van der Waals surface area (Å²) in [5.74, 6) is 3.06. The minimum Gasteiger partial charge on any atom is -0.495 e. The van der Waals surface area contributed by atoms with Crippen LogP contribution in [0.3, 0.4) is 0 Å². The summed E-state index contributed by atoms with van der Waals surface area (Å²) in [6.07, 6.45) is 1.76. The fourth-order valence-corrected chi connectivity index (χ4v) is 2.73. The van der Waals surface area contributed by atoms with E-state index >= 15 is 0 Å². The summed E-state index contributed by atoms with van der Waals surface area (Å²) >= 11 is 6.16. The average Bonchev–Trinajstić information content (AvgIpc) is 2.68. The Kier molecular flexibility index (Phi) is 5.93. The van der Waals surface area contributed by atoms with Gasteiger partial charge in [0.15, 0.2) is 0 Å². The lowest BCUT2D eigenvalue weighted by atomic mass is 10.2. The second-order valence-corrected chi connectivity index (χ2v) is 6.08. The fraction of sp³-hybridized carbons (Fsp3) is 0.211. The van der Waals surface area contributed by atoms with Crippen LogP contribution in [0.15, 0.2) is 42.6 Å². The molecule has 0 saturated carbocycles. The Hall–Kier alpha value is -3.06. The normalized spacial score (nSPS) is 10.4. The van der Waals surface area contributed by atoms with Gasteiger partial charge in [0.05, 0.1) is 37.2 Å². The van der Waals surface area contributed by atoms with Gasteiger partial charge in [0, 0.05) is 24.4 Å². The van der Waals surface area contributed by atoms with Crippen LogP contribution in [0.4, 0.5) is 17.3 Å². The molecule has 2 aromatic heterocycles. The number of aromatic nitrogens is 3. The van der Waals surface area contributed by atoms with E-state index in [4.69, 9.17) is 21.1 Å². The molecule has 7 nitrogen and oxygen atoms in total. The van der Waals surface area contributed by atoms with Crippen molar-refractivity contribution in [3.05, 3.63) is 59.1 Å². The molecule has 3 aromatic rings. The highest BCUT2D eigenvalue weighted by Crippen LogP contribution is 2.37. The summed E-state index contributed by atoms with van der Waals surface area (Å²) in [7, 11) is 3.14. The maximum absolute atomic E-state index is 6.16. The zero-order valence-electron chi connectivity index (χ0n) is 15.3. The number of nitrogens with zero attached hydrogens (tertiary/aromatic N) is 3. The van der Waals surface area contributed by atoms with Crippen LogP contribution in [0, 0.1) is 6.92 Å². The first-order valence-corrected chi connectivity index (χ1v) is 8.65. The van der Waals surface area contributed by atoms with E-state index in [1.807, 2.05) is 31.2 Å². The van der Waals surface area contributed by atoms with Gasteiger partial charge in [0.25, 0.3) is 0 Å². The molecule has 0 unspecified atom stereocenters. The number of nitrogens with one attached hydrogen (secondary N) is 2. The second kappa shape index (κ2) is 8.55. The van der Waals surface area contributed by atoms with Crippen molar-refractivity contribution >= 4 is 28.9 Å². The third-order valence-corrected chi connectivity index (χ3v) is 4.05. The molecule has 1 aromatic carbocycles. The first-order valence-electron chi connectivity index (χ1n) is 8.27. The third kappa shape index (κ3) is 4.77. The molecule has 0 aliphatic rings. The van der Waals surface area contributed by atoms with Crippen molar-refractivity contribution in [2.75, 3.05) is 24.9 Å². The largest absolute Gasteiger partial charge is 0.495 e. The molecule has 0 radical (unpaired) electrons. The summed E-state index contributed by atoms with van der Waals surface area (Å²) < 4.78 is 10.7. The number of anilines is 3. The zero-order chi connectivity index (χ0) is 19.2. The maximum Gasteiger partial charge on any atom is 0.144 e. The molecular weight excluding hydrogens is 366 g/mol. The summed E-state index contributed by atoms with van der Waals surface area (Å²) in [4.78, 5) is 13.1. The van der Waals surface area contributed by atoms with E-state index < -0.39 is 0 Å². The van der Waals surface area contributed by atoms with E-state index in [9.17, 15) is 0 Å². The third-order valence-electron chi connectivity index (χ3n) is 3.75. The van der Waals surface area contributed by atoms with Crippen molar-refractivity contribution in [2.24, 2.45) is 0 Å². The van der Waals surface area contributed by atoms with Crippen molar-refractivity contribution in [3.63, 3.8) is 0 Å². The summed E-state index contributed by atoms with van der Waals surface area (Å²) in [6.45, 7) is 2.39. The Labute approximate surface area is 162 Å². The van der Waals surface area contributed by atoms with Gasteiger partial charge >= 0.3 is 0 Å². The smallest absolute Gasteiger partial charge is 0.144 e. The van der Waals surface area contributed by atoms with Gasteiger partial charge in [-0.05, 0) is 19.1 Å². The standard InChI is InChI=1S/C19H20ClN5O2/c1-12-23-18(22-11-13-6-4-5-7-21-13)10-19(24-12)25-15-9-16(26-2)14(20)8-17(15)27-3/h4-10H,11H2,1-3H3,(H2,22,23,24,25). The molecule has 0 fully saturated rings. The van der Waals surface area contributed by atoms with Gasteiger partial charge in [-0.1, -0.05) is 17.7 Å². The SMILES string of the molecule is COc1cc(Nc2cc(NCc3ccccn3)nc(C)n2)c(OC)cc1Cl. The summed E-state index contributed by atoms with van der Waals surface area (Å²) in [6, 6.07) is 11.1. The number of hydrogen-bond donors (Lipinski definition) is 2. The Morgan fingerprint density at radius 2 is 1.78 bits per heavy atom. The number of benzene rings is 1. The number of hydrogen-bond acceptors (Lipinski definition) is 7. The minimum atomic E-state index is 0.469. The van der Waals surface area contributed by atoms with Gasteiger partial charge in [0.1, 0.15) is 29.0 Å². The predicted molar refractivity (Wildman–Crippen MR) is 106 cm³/mol. The summed E-state index contributed by atoms with van der Waals surface area (Å²) in [5.41, 5.74) is 1.61. The van der Waals surface area contributed by atoms with E-state index in [-0.39, 0.29) is 0 Å². The van der Waals surface area contributed by atoms with E-state index in [0.29, 0.717) is 46.2 Å². The molecule has 0 bridgehead atoms. The molecule has 3 rings (SSSR count). The predicted octanol–water partition coefficient (Wildman–Crippen LogP) is 4.21. The fourth-order valence-electron chi connectivity index (χ4n) is 2.50. The highest BCUT2D eigenvalue weighted by atomic mass is 35.5. The van der Waals surface area contributed by atoms with E-state index in [1.54, 1.807) is 32.5 Å². The van der Waals surface area contributed by atoms with Crippen LogP contribution in [0.2, 0.25) is 5.02 Å². The lowest BCUT2D eigenvalue weighted by molar-refractivity contribution is 0.405. The van der Waals surface area contributed by atoms with Crippen LogP contribution in [0.25, 0.3) is 0 Å². The highest BCUT2D eigenvalue weighted by Gasteiger charge is 2.12. The molecule has 8 heteroatoms. The van der Waals surface area contributed by atoms with Crippen molar-refractivity contribution in [1.82, 2.24) is 15.0 Å². The van der Waals surface area contributed by atoms with Gasteiger partial charge in [0.2, 0.25) is 0 Å². The number of ether oxygens (including phenoxy) is 2. The van der Waals surface area contributed by atoms with Crippen LogP contribution in [-0.2, 0) is 6.54 Å². The first kappa shape index (κ1) is 18.7. The molecule has 2 heterocycles. The number of aryl methyl sites for hydroxylation is 1. The Bertz CT molecular complexity index is 921. The lowest BCUT2D eigenvalue weighted by Gasteiger charge is -2.14. The average molecular weight is 386 g/mol. The molecule has 0 aliphatic carbocycles. The highest BCUT2D eigenvalue weighted by molar-refractivity contribution is 6.32. The van der Waals surface area contributed by atoms with Crippen molar-refractivity contribution < 1.29 is 9.47 Å². The minimum absolute atomic E-state index is 0.469. The Morgan fingerprint density at radius 3 is 2.48 bits per heavy atom. The van der Waals surface area contributed by atoms with Gasteiger partial charge in [-0.25, -0.2) is 9.97 Å². The van der Waals surface area contributed by atoms with Crippen molar-refractivity contribution in [1.29, 1.82) is 0 Å². The number of halogens is 1. The van der Waals surface area contributed by atoms with E-state index in [0.717, 1.165) is 5.69 Å². The molecule has 0 saturated heterocycles. The van der Waals surface area contributed by atoms with E-state index in [2.05, 4.69) is 25.6 Å². The molecule has 0 atom stereocenters. The van der Waals surface area contributed by atoms with Gasteiger partial charge in [-0.2, -0.15) is 0 Å². The topological polar surface area (TPSA) is 81.2 Å². The molecule has 0 aliphatic heterocycles. The quantitative estimate of drug-likeness (QED) is 0.630. The summed E-state index contributed by atoms with van der Waals surface area (Å²) in [5, 5.41) is 6.96.